The summed E-state index contributed by atoms with van der Waals surface area (Å²) >= 11 is 0. The molecule has 0 saturated carbocycles. The predicted octanol–water partition coefficient (Wildman–Crippen LogP) is 6.55. The zero-order chi connectivity index (χ0) is 35.9. The minimum atomic E-state index is -0.987. The van der Waals surface area contributed by atoms with Crippen LogP contribution in [0.4, 0.5) is 30.5 Å². The van der Waals surface area contributed by atoms with Crippen LogP contribution in [-0.2, 0) is 0 Å². The van der Waals surface area contributed by atoms with Gasteiger partial charge in [-0.2, -0.15) is 10.5 Å². The summed E-state index contributed by atoms with van der Waals surface area (Å²) in [6.45, 7) is 3.69. The van der Waals surface area contributed by atoms with Gasteiger partial charge in [0.15, 0.2) is 11.6 Å². The van der Waals surface area contributed by atoms with Gasteiger partial charge < -0.3 is 30.0 Å². The first-order valence-corrected chi connectivity index (χ1v) is 16.3. The lowest BCUT2D eigenvalue weighted by Gasteiger charge is -2.27. The predicted molar refractivity (Wildman–Crippen MR) is 202 cm³/mol. The van der Waals surface area contributed by atoms with E-state index in [-0.39, 0.29) is 32.3 Å². The molecule has 2 aliphatic heterocycles. The highest BCUT2D eigenvalue weighted by molar-refractivity contribution is 5.88. The van der Waals surface area contributed by atoms with Crippen molar-refractivity contribution in [2.24, 2.45) is 0 Å². The van der Waals surface area contributed by atoms with Gasteiger partial charge >= 0.3 is 0 Å². The number of nitrogens with one attached hydrogen (secondary N) is 3. The number of nitrogens with zero attached hydrogens (tertiary/aromatic N) is 9. The highest BCUT2D eigenvalue weighted by Crippen LogP contribution is 2.30. The molecular weight excluding hydrogens is 681 g/mol. The summed E-state index contributed by atoms with van der Waals surface area (Å²) in [4.78, 5) is 29.9. The molecule has 2 saturated heterocycles. The molecule has 15 heteroatoms. The number of benzene rings is 2. The zero-order valence-corrected chi connectivity index (χ0v) is 28.0. The molecule has 53 heavy (non-hydrogen) atoms. The lowest BCUT2D eigenvalue weighted by Crippen LogP contribution is -2.35. The fraction of sp³-hybridized carbons (Fsp3) is 0.316. The summed E-state index contributed by atoms with van der Waals surface area (Å²) in [5, 5.41) is 22.5. The Kier molecular flexibility index (Phi) is 13.3. The molecule has 4 aromatic heterocycles. The van der Waals surface area contributed by atoms with Gasteiger partial charge in [0, 0.05) is 57.7 Å². The third kappa shape index (κ3) is 8.83. The van der Waals surface area contributed by atoms with Gasteiger partial charge in [-0.25, -0.2) is 33.1 Å². The van der Waals surface area contributed by atoms with E-state index in [2.05, 4.69) is 45.0 Å². The Hall–Kier alpha value is -6.19. The van der Waals surface area contributed by atoms with Crippen molar-refractivity contribution in [2.45, 2.75) is 39.8 Å². The molecule has 6 heterocycles. The van der Waals surface area contributed by atoms with Crippen molar-refractivity contribution in [3.05, 3.63) is 102 Å². The Balaban J connectivity index is 0.000000193. The number of aromatic amines is 2. The van der Waals surface area contributed by atoms with E-state index in [9.17, 15) is 13.2 Å². The van der Waals surface area contributed by atoms with E-state index in [0.29, 0.717) is 17.3 Å². The highest BCUT2D eigenvalue weighted by atomic mass is 19.2. The monoisotopic (exact) mass is 724 g/mol. The van der Waals surface area contributed by atoms with Gasteiger partial charge in [-0.1, -0.05) is 14.9 Å². The number of hydrogen-bond acceptors (Lipinski definition) is 10. The first-order valence-electron chi connectivity index (χ1n) is 16.3. The van der Waals surface area contributed by atoms with Crippen LogP contribution in [0, 0.1) is 40.1 Å². The van der Waals surface area contributed by atoms with Crippen molar-refractivity contribution in [1.29, 1.82) is 10.5 Å². The van der Waals surface area contributed by atoms with Crippen molar-refractivity contribution < 1.29 is 13.2 Å². The Morgan fingerprint density at radius 2 is 1.28 bits per heavy atom. The summed E-state index contributed by atoms with van der Waals surface area (Å²) in [6, 6.07) is 16.0. The van der Waals surface area contributed by atoms with Crippen molar-refractivity contribution in [1.82, 2.24) is 35.2 Å². The fourth-order valence-corrected chi connectivity index (χ4v) is 6.28. The summed E-state index contributed by atoms with van der Waals surface area (Å²) in [6.07, 6.45) is 9.04. The molecule has 0 radical (unpaired) electrons. The number of likely N-dealkylation sites (N-methyl/N-ethyl adjacent to an activating group) is 2. The number of H-pyrrole nitrogens is 2. The van der Waals surface area contributed by atoms with Gasteiger partial charge in [0.2, 0.25) is 0 Å². The minimum absolute atomic E-state index is 0. The van der Waals surface area contributed by atoms with Crippen molar-refractivity contribution in [3.63, 3.8) is 0 Å². The number of halogens is 3. The van der Waals surface area contributed by atoms with Crippen LogP contribution < -0.4 is 20.0 Å². The van der Waals surface area contributed by atoms with Crippen molar-refractivity contribution in [2.75, 3.05) is 55.0 Å². The van der Waals surface area contributed by atoms with Gasteiger partial charge in [-0.05, 0) is 68.4 Å². The third-order valence-corrected chi connectivity index (χ3v) is 9.08. The molecule has 8 rings (SSSR count). The standard InChI is InChI=1S/C18H17FN6.C11H15N5.C7H3F2N.2CH4/c1-24(16-3-2-12(9-20)8-15(16)19)13-5-7-25(10-13)18-14-4-6-21-17(14)22-11-23-18;1-12-8-3-5-16(6-8)11-9-2-4-13-10(9)14-7-15-11;8-6-2-1-5(4-10)3-7(6)9;;/h2-4,6,8,11,13H,5,7,10H2,1H3,(H,21,22,23);2,4,7-8,12H,3,5-6H2,1H3,(H,13,14,15);1-3H;2*1H4/t13-;8-;;;/m11.../s1. The molecule has 0 unspecified atom stereocenters. The number of fused-ring (bicyclic) bond motifs is 2. The van der Waals surface area contributed by atoms with Crippen LogP contribution in [0.25, 0.3) is 22.1 Å². The molecule has 276 valence electrons. The Morgan fingerprint density at radius 1 is 0.736 bits per heavy atom. The smallest absolute Gasteiger partial charge is 0.160 e. The summed E-state index contributed by atoms with van der Waals surface area (Å²) in [5.74, 6) is -0.334. The van der Waals surface area contributed by atoms with E-state index >= 15 is 0 Å². The summed E-state index contributed by atoms with van der Waals surface area (Å²) in [5.41, 5.74) is 2.70. The first-order chi connectivity index (χ1) is 24.8. The Labute approximate surface area is 306 Å². The second-order valence-electron chi connectivity index (χ2n) is 12.1. The van der Waals surface area contributed by atoms with Crippen LogP contribution in [-0.4, -0.2) is 82.3 Å². The van der Waals surface area contributed by atoms with Crippen LogP contribution in [0.5, 0.6) is 0 Å². The van der Waals surface area contributed by atoms with Gasteiger partial charge in [-0.15, -0.1) is 0 Å². The molecule has 0 spiro atoms. The third-order valence-electron chi connectivity index (χ3n) is 9.08. The normalized spacial score (nSPS) is 16.0. The number of aromatic nitrogens is 6. The topological polar surface area (TPSA) is 152 Å². The van der Waals surface area contributed by atoms with Gasteiger partial charge in [0.05, 0.1) is 39.7 Å². The molecular formula is C38H43F3N12. The molecule has 2 aromatic carbocycles. The molecule has 12 nitrogen and oxygen atoms in total. The zero-order valence-electron chi connectivity index (χ0n) is 28.0. The molecule has 2 aliphatic rings. The first kappa shape index (κ1) is 39.6. The number of anilines is 3. The molecule has 2 fully saturated rings. The molecule has 3 N–H and O–H groups in total. The van der Waals surface area contributed by atoms with Crippen LogP contribution in [0.15, 0.2) is 73.6 Å². The van der Waals surface area contributed by atoms with Crippen molar-refractivity contribution >= 4 is 39.4 Å². The van der Waals surface area contributed by atoms with E-state index in [1.54, 1.807) is 30.9 Å². The second kappa shape index (κ2) is 17.8. The van der Waals surface area contributed by atoms with Crippen molar-refractivity contribution in [3.8, 4) is 12.1 Å². The molecule has 0 bridgehead atoms. The highest BCUT2D eigenvalue weighted by Gasteiger charge is 2.29. The lowest BCUT2D eigenvalue weighted by molar-refractivity contribution is 0.508. The van der Waals surface area contributed by atoms with Crippen LogP contribution in [0.1, 0.15) is 38.8 Å². The average molecular weight is 725 g/mol. The maximum Gasteiger partial charge on any atom is 0.160 e. The maximum absolute atomic E-state index is 14.3. The van der Waals surface area contributed by atoms with Gasteiger partial charge in [0.25, 0.3) is 0 Å². The number of rotatable bonds is 5. The molecule has 0 amide bonds. The minimum Gasteiger partial charge on any atom is -0.367 e. The van der Waals surface area contributed by atoms with E-state index in [1.165, 1.54) is 18.6 Å². The van der Waals surface area contributed by atoms with Crippen LogP contribution in [0.3, 0.4) is 0 Å². The molecule has 6 aromatic rings. The average Bonchev–Trinajstić information content (AvgIpc) is 3.99. The summed E-state index contributed by atoms with van der Waals surface area (Å²) in [7, 11) is 3.91. The second-order valence-corrected chi connectivity index (χ2v) is 12.1. The van der Waals surface area contributed by atoms with Gasteiger partial charge in [0.1, 0.15) is 41.4 Å². The Morgan fingerprint density at radius 3 is 1.81 bits per heavy atom. The molecule has 2 atom stereocenters. The van der Waals surface area contributed by atoms with E-state index < -0.39 is 11.6 Å². The fourth-order valence-electron chi connectivity index (χ4n) is 6.28. The van der Waals surface area contributed by atoms with Gasteiger partial charge in [-0.3, -0.25) is 0 Å². The SMILES string of the molecule is C.C.CN(c1ccc(C#N)cc1F)[C@@H]1CCN(c2ncnc3[nH]ccc23)C1.CN[C@@H]1CCN(c2ncnc3[nH]ccc23)C1.N#Cc1ccc(F)c(F)c1. The molecule has 0 aliphatic carbocycles. The number of hydrogen-bond donors (Lipinski definition) is 3. The van der Waals surface area contributed by atoms with E-state index in [1.807, 2.05) is 49.6 Å². The van der Waals surface area contributed by atoms with E-state index in [4.69, 9.17) is 10.5 Å². The summed E-state index contributed by atoms with van der Waals surface area (Å²) < 4.78 is 38.7. The van der Waals surface area contributed by atoms with Crippen LogP contribution in [0.2, 0.25) is 0 Å². The maximum atomic E-state index is 14.3. The Bertz CT molecular complexity index is 2200. The lowest BCUT2D eigenvalue weighted by atomic mass is 10.1. The largest absolute Gasteiger partial charge is 0.367 e. The van der Waals surface area contributed by atoms with Crippen LogP contribution >= 0.6 is 0 Å². The quantitative estimate of drug-likeness (QED) is 0.179. The van der Waals surface area contributed by atoms with E-state index in [0.717, 1.165) is 78.4 Å². The number of nitriles is 2.